The average molecular weight is 311 g/mol. The Balaban J connectivity index is 1.91. The number of carboxylic acids is 1. The van der Waals surface area contributed by atoms with Gasteiger partial charge in [-0.15, -0.1) is 0 Å². The van der Waals surface area contributed by atoms with E-state index < -0.39 is 5.97 Å². The number of urea groups is 1. The van der Waals surface area contributed by atoms with Crippen LogP contribution in [0.4, 0.5) is 4.79 Å². The Morgan fingerprint density at radius 3 is 2.67 bits per heavy atom. The van der Waals surface area contributed by atoms with Crippen molar-refractivity contribution in [3.63, 3.8) is 0 Å². The van der Waals surface area contributed by atoms with Crippen LogP contribution in [0.15, 0.2) is 24.3 Å². The first-order valence-electron chi connectivity index (χ1n) is 7.07. The van der Waals surface area contributed by atoms with E-state index in [-0.39, 0.29) is 18.5 Å². The number of amides is 2. The molecule has 2 N–H and O–H groups in total. The first-order valence-corrected chi connectivity index (χ1v) is 7.45. The van der Waals surface area contributed by atoms with Crippen molar-refractivity contribution in [1.82, 2.24) is 10.2 Å². The summed E-state index contributed by atoms with van der Waals surface area (Å²) in [5, 5.41) is 12.4. The zero-order valence-electron chi connectivity index (χ0n) is 11.7. The highest BCUT2D eigenvalue weighted by Gasteiger charge is 2.28. The van der Waals surface area contributed by atoms with Gasteiger partial charge in [0.05, 0.1) is 6.42 Å². The Bertz CT molecular complexity index is 504. The van der Waals surface area contributed by atoms with Crippen LogP contribution in [0.1, 0.15) is 31.2 Å². The maximum absolute atomic E-state index is 12.2. The van der Waals surface area contributed by atoms with E-state index in [1.54, 1.807) is 17.0 Å². The molecular weight excluding hydrogens is 292 g/mol. The van der Waals surface area contributed by atoms with Crippen LogP contribution in [0.5, 0.6) is 0 Å². The number of nitrogens with one attached hydrogen (secondary N) is 1. The molecule has 6 heteroatoms. The lowest BCUT2D eigenvalue weighted by Gasteiger charge is -2.34. The molecule has 1 atom stereocenters. The lowest BCUT2D eigenvalue weighted by Crippen LogP contribution is -2.49. The number of carboxylic acid groups (broad SMARTS) is 1. The van der Waals surface area contributed by atoms with Crippen molar-refractivity contribution >= 4 is 23.6 Å². The summed E-state index contributed by atoms with van der Waals surface area (Å²) in [4.78, 5) is 24.7. The number of hydrogen-bond donors (Lipinski definition) is 2. The van der Waals surface area contributed by atoms with E-state index in [0.717, 1.165) is 24.8 Å². The number of piperidine rings is 1. The number of carbonyl (C=O) groups is 2. The van der Waals surface area contributed by atoms with E-state index in [1.807, 2.05) is 12.1 Å². The molecule has 1 fully saturated rings. The van der Waals surface area contributed by atoms with Crippen LogP contribution in [0, 0.1) is 0 Å². The van der Waals surface area contributed by atoms with Gasteiger partial charge >= 0.3 is 12.0 Å². The third-order valence-electron chi connectivity index (χ3n) is 3.66. The van der Waals surface area contributed by atoms with Crippen molar-refractivity contribution in [1.29, 1.82) is 0 Å². The van der Waals surface area contributed by atoms with Gasteiger partial charge in [-0.25, -0.2) is 4.79 Å². The Hall–Kier alpha value is -1.75. The molecule has 1 aromatic carbocycles. The number of likely N-dealkylation sites (tertiary alicyclic amines) is 1. The summed E-state index contributed by atoms with van der Waals surface area (Å²) >= 11 is 5.81. The van der Waals surface area contributed by atoms with Gasteiger partial charge in [0.25, 0.3) is 0 Å². The van der Waals surface area contributed by atoms with Crippen molar-refractivity contribution in [3.05, 3.63) is 34.9 Å². The van der Waals surface area contributed by atoms with Gasteiger partial charge in [0.15, 0.2) is 0 Å². The minimum atomic E-state index is -0.864. The van der Waals surface area contributed by atoms with Crippen LogP contribution in [0.2, 0.25) is 5.02 Å². The smallest absolute Gasteiger partial charge is 0.317 e. The first-order chi connectivity index (χ1) is 10.1. The second-order valence-corrected chi connectivity index (χ2v) is 5.66. The normalized spacial score (nSPS) is 18.3. The molecule has 1 saturated heterocycles. The van der Waals surface area contributed by atoms with Crippen molar-refractivity contribution in [2.45, 2.75) is 38.3 Å². The molecule has 0 bridgehead atoms. The van der Waals surface area contributed by atoms with E-state index in [0.29, 0.717) is 18.1 Å². The predicted molar refractivity (Wildman–Crippen MR) is 80.3 cm³/mol. The molecule has 1 unspecified atom stereocenters. The Morgan fingerprint density at radius 2 is 2.00 bits per heavy atom. The summed E-state index contributed by atoms with van der Waals surface area (Å²) < 4.78 is 0. The van der Waals surface area contributed by atoms with Crippen molar-refractivity contribution in [3.8, 4) is 0 Å². The monoisotopic (exact) mass is 310 g/mol. The highest BCUT2D eigenvalue weighted by atomic mass is 35.5. The molecule has 0 radical (unpaired) electrons. The minimum Gasteiger partial charge on any atom is -0.481 e. The lowest BCUT2D eigenvalue weighted by atomic mass is 10.00. The van der Waals surface area contributed by atoms with E-state index >= 15 is 0 Å². The number of benzene rings is 1. The van der Waals surface area contributed by atoms with Crippen molar-refractivity contribution in [2.75, 3.05) is 6.54 Å². The highest BCUT2D eigenvalue weighted by Crippen LogP contribution is 2.20. The molecule has 1 aromatic rings. The molecule has 21 heavy (non-hydrogen) atoms. The van der Waals surface area contributed by atoms with Gasteiger partial charge in [-0.3, -0.25) is 4.79 Å². The summed E-state index contributed by atoms with van der Waals surface area (Å²) in [6.45, 7) is 1.02. The maximum Gasteiger partial charge on any atom is 0.317 e. The fourth-order valence-corrected chi connectivity index (χ4v) is 2.69. The number of rotatable bonds is 4. The standard InChI is InChI=1S/C15H19ClN2O3/c16-12-6-4-11(5-7-12)10-17-15(21)18-8-2-1-3-13(18)9-14(19)20/h4-7,13H,1-3,8-10H2,(H,17,21)(H,19,20). The van der Waals surface area contributed by atoms with Crippen LogP contribution in [-0.4, -0.2) is 34.6 Å². The third-order valence-corrected chi connectivity index (χ3v) is 3.91. The van der Waals surface area contributed by atoms with Gasteiger partial charge in [0.2, 0.25) is 0 Å². The number of hydrogen-bond acceptors (Lipinski definition) is 2. The Morgan fingerprint density at radius 1 is 1.29 bits per heavy atom. The van der Waals surface area contributed by atoms with Gasteiger partial charge in [0.1, 0.15) is 0 Å². The van der Waals surface area contributed by atoms with E-state index in [9.17, 15) is 9.59 Å². The van der Waals surface area contributed by atoms with Crippen LogP contribution in [-0.2, 0) is 11.3 Å². The molecule has 1 heterocycles. The van der Waals surface area contributed by atoms with Gasteiger partial charge in [-0.05, 0) is 37.0 Å². The van der Waals surface area contributed by atoms with Crippen molar-refractivity contribution < 1.29 is 14.7 Å². The fraction of sp³-hybridized carbons (Fsp3) is 0.467. The molecule has 0 aromatic heterocycles. The SMILES string of the molecule is O=C(O)CC1CCCCN1C(=O)NCc1ccc(Cl)cc1. The molecule has 114 valence electrons. The molecule has 0 spiro atoms. The predicted octanol–water partition coefficient (Wildman–Crippen LogP) is 2.88. The van der Waals surface area contributed by atoms with Gasteiger partial charge in [-0.1, -0.05) is 23.7 Å². The number of nitrogens with zero attached hydrogens (tertiary/aromatic N) is 1. The second kappa shape index (κ2) is 7.31. The maximum atomic E-state index is 12.2. The quantitative estimate of drug-likeness (QED) is 0.898. The molecule has 2 rings (SSSR count). The van der Waals surface area contributed by atoms with E-state index in [2.05, 4.69) is 5.32 Å². The molecular formula is C15H19ClN2O3. The van der Waals surface area contributed by atoms with Gasteiger partial charge in [-0.2, -0.15) is 0 Å². The molecule has 2 amide bonds. The molecule has 0 aliphatic carbocycles. The van der Waals surface area contributed by atoms with Gasteiger partial charge in [0, 0.05) is 24.2 Å². The van der Waals surface area contributed by atoms with E-state index in [1.165, 1.54) is 0 Å². The largest absolute Gasteiger partial charge is 0.481 e. The summed E-state index contributed by atoms with van der Waals surface area (Å²) in [5.41, 5.74) is 0.958. The first kappa shape index (κ1) is 15.6. The summed E-state index contributed by atoms with van der Waals surface area (Å²) in [5.74, 6) is -0.864. The summed E-state index contributed by atoms with van der Waals surface area (Å²) in [6, 6.07) is 6.85. The van der Waals surface area contributed by atoms with Gasteiger partial charge < -0.3 is 15.3 Å². The van der Waals surface area contributed by atoms with Crippen molar-refractivity contribution in [2.24, 2.45) is 0 Å². The molecule has 1 aliphatic heterocycles. The fourth-order valence-electron chi connectivity index (χ4n) is 2.56. The average Bonchev–Trinajstić information content (AvgIpc) is 2.46. The summed E-state index contributed by atoms with van der Waals surface area (Å²) in [6.07, 6.45) is 2.65. The Labute approximate surface area is 128 Å². The lowest BCUT2D eigenvalue weighted by molar-refractivity contribution is -0.138. The van der Waals surface area contributed by atoms with Crippen LogP contribution in [0.25, 0.3) is 0 Å². The number of carbonyl (C=O) groups excluding carboxylic acids is 1. The third kappa shape index (κ3) is 4.63. The van der Waals surface area contributed by atoms with Crippen LogP contribution >= 0.6 is 11.6 Å². The number of halogens is 1. The van der Waals surface area contributed by atoms with Crippen LogP contribution in [0.3, 0.4) is 0 Å². The number of aliphatic carboxylic acids is 1. The van der Waals surface area contributed by atoms with E-state index in [4.69, 9.17) is 16.7 Å². The molecule has 1 aliphatic rings. The zero-order valence-corrected chi connectivity index (χ0v) is 12.5. The second-order valence-electron chi connectivity index (χ2n) is 5.23. The minimum absolute atomic E-state index is 0.00830. The topological polar surface area (TPSA) is 69.6 Å². The molecule has 0 saturated carbocycles. The molecule has 5 nitrogen and oxygen atoms in total. The summed E-state index contributed by atoms with van der Waals surface area (Å²) in [7, 11) is 0. The zero-order chi connectivity index (χ0) is 15.2. The Kier molecular flexibility index (Phi) is 5.44. The highest BCUT2D eigenvalue weighted by molar-refractivity contribution is 6.30. The van der Waals surface area contributed by atoms with Crippen LogP contribution < -0.4 is 5.32 Å².